The Hall–Kier alpha value is -1.88. The largest absolute Gasteiger partial charge is 0.309 e. The van der Waals surface area contributed by atoms with Crippen molar-refractivity contribution in [1.29, 1.82) is 0 Å². The highest BCUT2D eigenvalue weighted by Crippen LogP contribution is 2.27. The molecule has 0 aliphatic carbocycles. The number of aromatic nitrogens is 2. The van der Waals surface area contributed by atoms with Gasteiger partial charge in [0.2, 0.25) is 0 Å². The average Bonchev–Trinajstić information content (AvgIpc) is 2.54. The molecule has 0 saturated heterocycles. The fourth-order valence-corrected chi connectivity index (χ4v) is 3.28. The highest BCUT2D eigenvalue weighted by Gasteiger charge is 2.16. The monoisotopic (exact) mass is 361 g/mol. The number of benzene rings is 2. The number of halogens is 2. The SMILES string of the molecule is C[C@@H](N[C@H](C)c1ccc(Cl)cc1Cl)c1nc2ccccc2c(=O)[nH]1. The molecule has 3 rings (SSSR count). The van der Waals surface area contributed by atoms with Crippen molar-refractivity contribution < 1.29 is 0 Å². The van der Waals surface area contributed by atoms with Gasteiger partial charge in [0.1, 0.15) is 5.82 Å². The lowest BCUT2D eigenvalue weighted by molar-refractivity contribution is 0.477. The number of rotatable bonds is 4. The Morgan fingerprint density at radius 3 is 2.58 bits per heavy atom. The lowest BCUT2D eigenvalue weighted by Crippen LogP contribution is -2.26. The van der Waals surface area contributed by atoms with Gasteiger partial charge in [-0.1, -0.05) is 41.4 Å². The maximum absolute atomic E-state index is 12.2. The van der Waals surface area contributed by atoms with E-state index in [-0.39, 0.29) is 17.6 Å². The first-order valence-corrected chi connectivity index (χ1v) is 8.41. The van der Waals surface area contributed by atoms with Gasteiger partial charge in [-0.3, -0.25) is 4.79 Å². The molecular formula is C18H17Cl2N3O. The third-order valence-corrected chi connectivity index (χ3v) is 4.53. The number of para-hydroxylation sites is 1. The second-order valence-corrected chi connectivity index (χ2v) is 6.59. The molecule has 0 unspecified atom stereocenters. The standard InChI is InChI=1S/C18H17Cl2N3O/c1-10(13-8-7-12(19)9-15(13)20)21-11(2)17-22-16-6-4-3-5-14(16)18(24)23-17/h3-11,21H,1-2H3,(H,22,23,24)/t10-,11-/m1/s1. The van der Waals surface area contributed by atoms with Crippen molar-refractivity contribution in [2.45, 2.75) is 25.9 Å². The Kier molecular flexibility index (Phi) is 4.90. The fourth-order valence-electron chi connectivity index (χ4n) is 2.71. The summed E-state index contributed by atoms with van der Waals surface area (Å²) in [7, 11) is 0. The first kappa shape index (κ1) is 17.0. The summed E-state index contributed by atoms with van der Waals surface area (Å²) in [5, 5.41) is 5.20. The van der Waals surface area contributed by atoms with Crippen molar-refractivity contribution in [1.82, 2.24) is 15.3 Å². The molecule has 0 amide bonds. The van der Waals surface area contributed by atoms with Crippen LogP contribution >= 0.6 is 23.2 Å². The summed E-state index contributed by atoms with van der Waals surface area (Å²) >= 11 is 12.2. The summed E-state index contributed by atoms with van der Waals surface area (Å²) in [6.45, 7) is 3.96. The second-order valence-electron chi connectivity index (χ2n) is 5.74. The van der Waals surface area contributed by atoms with E-state index < -0.39 is 0 Å². The van der Waals surface area contributed by atoms with Crippen LogP contribution in [-0.4, -0.2) is 9.97 Å². The van der Waals surface area contributed by atoms with Crippen molar-refractivity contribution in [2.24, 2.45) is 0 Å². The minimum Gasteiger partial charge on any atom is -0.309 e. The number of hydrogen-bond donors (Lipinski definition) is 2. The zero-order chi connectivity index (χ0) is 17.3. The van der Waals surface area contributed by atoms with Crippen LogP contribution in [0.1, 0.15) is 37.3 Å². The molecule has 24 heavy (non-hydrogen) atoms. The van der Waals surface area contributed by atoms with Gasteiger partial charge in [-0.2, -0.15) is 0 Å². The van der Waals surface area contributed by atoms with Gasteiger partial charge in [0.05, 0.1) is 16.9 Å². The van der Waals surface area contributed by atoms with Crippen LogP contribution in [-0.2, 0) is 0 Å². The summed E-state index contributed by atoms with van der Waals surface area (Å²) in [5.41, 5.74) is 1.49. The molecule has 4 nitrogen and oxygen atoms in total. The zero-order valence-electron chi connectivity index (χ0n) is 13.3. The van der Waals surface area contributed by atoms with Crippen molar-refractivity contribution in [2.75, 3.05) is 0 Å². The second kappa shape index (κ2) is 6.93. The minimum absolute atomic E-state index is 0.0264. The smallest absolute Gasteiger partial charge is 0.258 e. The third kappa shape index (κ3) is 3.46. The van der Waals surface area contributed by atoms with Crippen molar-refractivity contribution in [3.05, 3.63) is 74.3 Å². The van der Waals surface area contributed by atoms with Crippen LogP contribution in [0.15, 0.2) is 47.3 Å². The Bertz CT molecular complexity index is 939. The van der Waals surface area contributed by atoms with Gasteiger partial charge in [-0.05, 0) is 43.7 Å². The van der Waals surface area contributed by atoms with Gasteiger partial charge in [0, 0.05) is 16.1 Å². The number of nitrogens with one attached hydrogen (secondary N) is 2. The molecular weight excluding hydrogens is 345 g/mol. The van der Waals surface area contributed by atoms with Crippen molar-refractivity contribution in [3.8, 4) is 0 Å². The van der Waals surface area contributed by atoms with Crippen LogP contribution in [0.2, 0.25) is 10.0 Å². The molecule has 0 radical (unpaired) electrons. The Morgan fingerprint density at radius 1 is 1.08 bits per heavy atom. The average molecular weight is 362 g/mol. The summed E-state index contributed by atoms with van der Waals surface area (Å²) < 4.78 is 0. The molecule has 0 fully saturated rings. The third-order valence-electron chi connectivity index (χ3n) is 3.97. The van der Waals surface area contributed by atoms with Crippen molar-refractivity contribution in [3.63, 3.8) is 0 Å². The van der Waals surface area contributed by atoms with Gasteiger partial charge >= 0.3 is 0 Å². The molecule has 6 heteroatoms. The number of aromatic amines is 1. The Balaban J connectivity index is 1.86. The van der Waals surface area contributed by atoms with Crippen LogP contribution in [0.3, 0.4) is 0 Å². The van der Waals surface area contributed by atoms with Gasteiger partial charge in [0.15, 0.2) is 0 Å². The lowest BCUT2D eigenvalue weighted by atomic mass is 10.1. The molecule has 0 saturated carbocycles. The van der Waals surface area contributed by atoms with E-state index in [4.69, 9.17) is 23.2 Å². The number of fused-ring (bicyclic) bond motifs is 1. The van der Waals surface area contributed by atoms with E-state index in [1.54, 1.807) is 12.1 Å². The van der Waals surface area contributed by atoms with Gasteiger partial charge in [-0.25, -0.2) is 4.98 Å². The summed E-state index contributed by atoms with van der Waals surface area (Å²) in [6, 6.07) is 12.5. The first-order valence-electron chi connectivity index (χ1n) is 7.65. The van der Waals surface area contributed by atoms with Crippen LogP contribution < -0.4 is 10.9 Å². The Labute approximate surface area is 149 Å². The summed E-state index contributed by atoms with van der Waals surface area (Å²) in [5.74, 6) is 0.593. The normalized spacial score (nSPS) is 13.8. The molecule has 0 aliphatic heterocycles. The molecule has 2 N–H and O–H groups in total. The van der Waals surface area contributed by atoms with Crippen LogP contribution in [0, 0.1) is 0 Å². The number of H-pyrrole nitrogens is 1. The predicted molar refractivity (Wildman–Crippen MR) is 98.8 cm³/mol. The molecule has 0 spiro atoms. The predicted octanol–water partition coefficient (Wildman–Crippen LogP) is 4.64. The fraction of sp³-hybridized carbons (Fsp3) is 0.222. The van der Waals surface area contributed by atoms with Crippen LogP contribution in [0.25, 0.3) is 10.9 Å². The summed E-state index contributed by atoms with van der Waals surface area (Å²) in [4.78, 5) is 19.6. The molecule has 3 aromatic rings. The van der Waals surface area contributed by atoms with E-state index in [9.17, 15) is 4.79 Å². The van der Waals surface area contributed by atoms with E-state index in [0.29, 0.717) is 26.8 Å². The van der Waals surface area contributed by atoms with E-state index in [1.807, 2.05) is 44.2 Å². The maximum atomic E-state index is 12.2. The van der Waals surface area contributed by atoms with E-state index >= 15 is 0 Å². The van der Waals surface area contributed by atoms with Crippen LogP contribution in [0.4, 0.5) is 0 Å². The zero-order valence-corrected chi connectivity index (χ0v) is 14.8. The lowest BCUT2D eigenvalue weighted by Gasteiger charge is -2.21. The van der Waals surface area contributed by atoms with Gasteiger partial charge < -0.3 is 10.3 Å². The van der Waals surface area contributed by atoms with Gasteiger partial charge in [-0.15, -0.1) is 0 Å². The highest BCUT2D eigenvalue weighted by atomic mass is 35.5. The number of nitrogens with zero attached hydrogens (tertiary/aromatic N) is 1. The topological polar surface area (TPSA) is 57.8 Å². The maximum Gasteiger partial charge on any atom is 0.258 e. The molecule has 2 aromatic carbocycles. The minimum atomic E-state index is -0.149. The first-order chi connectivity index (χ1) is 11.5. The van der Waals surface area contributed by atoms with E-state index in [1.165, 1.54) is 0 Å². The molecule has 1 heterocycles. The van der Waals surface area contributed by atoms with Crippen LogP contribution in [0.5, 0.6) is 0 Å². The number of hydrogen-bond acceptors (Lipinski definition) is 3. The quantitative estimate of drug-likeness (QED) is 0.711. The summed E-state index contributed by atoms with van der Waals surface area (Å²) in [6.07, 6.45) is 0. The van der Waals surface area contributed by atoms with Crippen molar-refractivity contribution >= 4 is 34.1 Å². The van der Waals surface area contributed by atoms with Gasteiger partial charge in [0.25, 0.3) is 5.56 Å². The van der Waals surface area contributed by atoms with E-state index in [2.05, 4.69) is 15.3 Å². The molecule has 0 aliphatic rings. The molecule has 2 atom stereocenters. The molecule has 0 bridgehead atoms. The molecule has 124 valence electrons. The van der Waals surface area contributed by atoms with E-state index in [0.717, 1.165) is 5.56 Å². The highest BCUT2D eigenvalue weighted by molar-refractivity contribution is 6.35. The Morgan fingerprint density at radius 2 is 1.83 bits per heavy atom. The molecule has 1 aromatic heterocycles.